The average Bonchev–Trinajstić information content (AvgIpc) is 3.16. The molecule has 1 atom stereocenters. The lowest BCUT2D eigenvalue weighted by Crippen LogP contribution is -2.44. The van der Waals surface area contributed by atoms with Gasteiger partial charge in [0.15, 0.2) is 0 Å². The molecule has 124 valence electrons. The number of carbonyl (C=O) groups is 1. The number of aryl methyl sites for hydroxylation is 1. The monoisotopic (exact) mass is 317 g/mol. The zero-order valence-electron chi connectivity index (χ0n) is 13.8. The molecule has 0 radical (unpaired) electrons. The molecule has 7 nitrogen and oxygen atoms in total. The first-order valence-corrected chi connectivity index (χ1v) is 7.97. The summed E-state index contributed by atoms with van der Waals surface area (Å²) in [5.74, 6) is 0.492. The number of carbonyl (C=O) groups excluding carboxylic acids is 1. The first kappa shape index (κ1) is 15.7. The van der Waals surface area contributed by atoms with Crippen LogP contribution in [0, 0.1) is 5.92 Å². The summed E-state index contributed by atoms with van der Waals surface area (Å²) in [6.07, 6.45) is 2.56. The molecule has 7 heteroatoms. The third-order valence-electron chi connectivity index (χ3n) is 4.04. The molecule has 3 heterocycles. The molecule has 1 saturated heterocycles. The van der Waals surface area contributed by atoms with E-state index in [1.807, 2.05) is 24.1 Å². The first-order valence-electron chi connectivity index (χ1n) is 7.97. The van der Waals surface area contributed by atoms with Gasteiger partial charge in [0.05, 0.1) is 30.6 Å². The van der Waals surface area contributed by atoms with Gasteiger partial charge in [0.25, 0.3) is 5.91 Å². The molecular weight excluding hydrogens is 294 g/mol. The van der Waals surface area contributed by atoms with E-state index in [9.17, 15) is 4.79 Å². The maximum absolute atomic E-state index is 13.0. The molecule has 0 saturated carbocycles. The summed E-state index contributed by atoms with van der Waals surface area (Å²) in [4.78, 5) is 14.8. The highest BCUT2D eigenvalue weighted by Crippen LogP contribution is 2.24. The Hall–Kier alpha value is -2.15. The van der Waals surface area contributed by atoms with Crippen LogP contribution >= 0.6 is 0 Å². The van der Waals surface area contributed by atoms with Crippen LogP contribution in [0.15, 0.2) is 18.3 Å². The average molecular weight is 317 g/mol. The Kier molecular flexibility index (Phi) is 4.47. The van der Waals surface area contributed by atoms with Crippen LogP contribution in [0.2, 0.25) is 0 Å². The van der Waals surface area contributed by atoms with Gasteiger partial charge in [0.1, 0.15) is 5.69 Å². The molecule has 2 aromatic heterocycles. The Morgan fingerprint density at radius 1 is 1.52 bits per heavy atom. The van der Waals surface area contributed by atoms with E-state index in [0.717, 1.165) is 17.8 Å². The normalized spacial score (nSPS) is 18.6. The van der Waals surface area contributed by atoms with E-state index in [2.05, 4.69) is 29.1 Å². The number of ether oxygens (including phenoxy) is 1. The van der Waals surface area contributed by atoms with E-state index in [1.54, 1.807) is 10.9 Å². The number of nitrogens with one attached hydrogen (secondary N) is 1. The molecule has 0 bridgehead atoms. The second-order valence-corrected chi connectivity index (χ2v) is 6.34. The van der Waals surface area contributed by atoms with Crippen LogP contribution in [-0.4, -0.2) is 50.5 Å². The third kappa shape index (κ3) is 3.29. The minimum absolute atomic E-state index is 0.0158. The smallest absolute Gasteiger partial charge is 0.272 e. The van der Waals surface area contributed by atoms with Gasteiger partial charge in [-0.2, -0.15) is 10.2 Å². The van der Waals surface area contributed by atoms with Crippen LogP contribution in [-0.2, 0) is 18.2 Å². The number of morpholine rings is 1. The molecule has 1 aliphatic heterocycles. The zero-order chi connectivity index (χ0) is 16.4. The van der Waals surface area contributed by atoms with E-state index >= 15 is 0 Å². The van der Waals surface area contributed by atoms with Gasteiger partial charge in [0, 0.05) is 19.8 Å². The molecule has 1 fully saturated rings. The lowest BCUT2D eigenvalue weighted by molar-refractivity contribution is -0.00447. The van der Waals surface area contributed by atoms with Gasteiger partial charge in [-0.3, -0.25) is 14.6 Å². The minimum Gasteiger partial charge on any atom is -0.377 e. The van der Waals surface area contributed by atoms with Crippen molar-refractivity contribution in [2.45, 2.75) is 26.3 Å². The van der Waals surface area contributed by atoms with Crippen LogP contribution in [0.3, 0.4) is 0 Å². The van der Waals surface area contributed by atoms with E-state index in [4.69, 9.17) is 4.74 Å². The van der Waals surface area contributed by atoms with Crippen molar-refractivity contribution in [1.29, 1.82) is 0 Å². The van der Waals surface area contributed by atoms with Crippen molar-refractivity contribution in [3.8, 4) is 0 Å². The summed E-state index contributed by atoms with van der Waals surface area (Å²) in [5.41, 5.74) is 2.46. The Labute approximate surface area is 135 Å². The van der Waals surface area contributed by atoms with Gasteiger partial charge < -0.3 is 9.64 Å². The zero-order valence-corrected chi connectivity index (χ0v) is 13.8. The van der Waals surface area contributed by atoms with E-state index in [-0.39, 0.29) is 11.9 Å². The Balaban J connectivity index is 1.84. The van der Waals surface area contributed by atoms with Crippen molar-refractivity contribution in [2.24, 2.45) is 13.0 Å². The standard InChI is InChI=1S/C16H23N5O2/c1-11(2)8-12-9-14(20(3)19-12)16(22)21-6-7-23-10-15(21)13-4-5-17-18-13/h4-5,9,11,15H,6-8,10H2,1-3H3,(H,17,18)/t15-/m0/s1. The second-order valence-electron chi connectivity index (χ2n) is 6.34. The van der Waals surface area contributed by atoms with Crippen molar-refractivity contribution in [3.05, 3.63) is 35.4 Å². The van der Waals surface area contributed by atoms with Crippen LogP contribution in [0.5, 0.6) is 0 Å². The summed E-state index contributed by atoms with van der Waals surface area (Å²) < 4.78 is 7.23. The topological polar surface area (TPSA) is 76.0 Å². The fourth-order valence-electron chi connectivity index (χ4n) is 2.95. The Bertz CT molecular complexity index is 662. The molecule has 0 spiro atoms. The maximum atomic E-state index is 13.0. The highest BCUT2D eigenvalue weighted by Gasteiger charge is 2.31. The highest BCUT2D eigenvalue weighted by molar-refractivity contribution is 5.93. The van der Waals surface area contributed by atoms with Crippen LogP contribution in [0.25, 0.3) is 0 Å². The van der Waals surface area contributed by atoms with Crippen LogP contribution < -0.4 is 0 Å². The number of rotatable bonds is 4. The predicted octanol–water partition coefficient (Wildman–Crippen LogP) is 1.56. The summed E-state index contributed by atoms with van der Waals surface area (Å²) in [5, 5.41) is 11.4. The number of hydrogen-bond acceptors (Lipinski definition) is 4. The van der Waals surface area contributed by atoms with Crippen molar-refractivity contribution >= 4 is 5.91 Å². The molecule has 0 aliphatic carbocycles. The van der Waals surface area contributed by atoms with Crippen LogP contribution in [0.1, 0.15) is 41.8 Å². The number of H-pyrrole nitrogens is 1. The molecule has 1 aliphatic rings. The summed E-state index contributed by atoms with van der Waals surface area (Å²) in [6, 6.07) is 3.65. The fraction of sp³-hybridized carbons (Fsp3) is 0.562. The number of aromatic amines is 1. The summed E-state index contributed by atoms with van der Waals surface area (Å²) >= 11 is 0. The van der Waals surface area contributed by atoms with Gasteiger partial charge in [-0.1, -0.05) is 13.8 Å². The molecule has 2 aromatic rings. The van der Waals surface area contributed by atoms with Crippen molar-refractivity contribution in [2.75, 3.05) is 19.8 Å². The minimum atomic E-state index is -0.137. The molecule has 3 rings (SSSR count). The Morgan fingerprint density at radius 2 is 2.35 bits per heavy atom. The predicted molar refractivity (Wildman–Crippen MR) is 84.9 cm³/mol. The molecule has 0 aromatic carbocycles. The highest BCUT2D eigenvalue weighted by atomic mass is 16.5. The van der Waals surface area contributed by atoms with Gasteiger partial charge in [-0.15, -0.1) is 0 Å². The maximum Gasteiger partial charge on any atom is 0.272 e. The number of amides is 1. The number of hydrogen-bond donors (Lipinski definition) is 1. The summed E-state index contributed by atoms with van der Waals surface area (Å²) in [6.45, 7) is 5.88. The van der Waals surface area contributed by atoms with Gasteiger partial charge >= 0.3 is 0 Å². The van der Waals surface area contributed by atoms with E-state index in [1.165, 1.54) is 0 Å². The molecule has 1 amide bonds. The lowest BCUT2D eigenvalue weighted by atomic mass is 10.1. The van der Waals surface area contributed by atoms with Crippen molar-refractivity contribution in [1.82, 2.24) is 24.9 Å². The van der Waals surface area contributed by atoms with Crippen LogP contribution in [0.4, 0.5) is 0 Å². The SMILES string of the molecule is CC(C)Cc1cc(C(=O)N2CCOC[C@H]2c2ccn[nH]2)n(C)n1. The third-order valence-corrected chi connectivity index (χ3v) is 4.04. The Morgan fingerprint density at radius 3 is 3.04 bits per heavy atom. The molecule has 23 heavy (non-hydrogen) atoms. The lowest BCUT2D eigenvalue weighted by Gasteiger charge is -2.34. The first-order chi connectivity index (χ1) is 11.1. The number of nitrogens with zero attached hydrogens (tertiary/aromatic N) is 4. The molecule has 1 N–H and O–H groups in total. The van der Waals surface area contributed by atoms with Crippen molar-refractivity contribution < 1.29 is 9.53 Å². The molecular formula is C16H23N5O2. The van der Waals surface area contributed by atoms with Gasteiger partial charge in [0.2, 0.25) is 0 Å². The fourth-order valence-corrected chi connectivity index (χ4v) is 2.95. The number of aromatic nitrogens is 4. The van der Waals surface area contributed by atoms with Crippen molar-refractivity contribution in [3.63, 3.8) is 0 Å². The molecule has 0 unspecified atom stereocenters. The van der Waals surface area contributed by atoms with E-state index < -0.39 is 0 Å². The quantitative estimate of drug-likeness (QED) is 0.928. The van der Waals surface area contributed by atoms with Gasteiger partial charge in [-0.05, 0) is 24.5 Å². The van der Waals surface area contributed by atoms with Gasteiger partial charge in [-0.25, -0.2) is 0 Å². The van der Waals surface area contributed by atoms with E-state index in [0.29, 0.717) is 31.4 Å². The largest absolute Gasteiger partial charge is 0.377 e. The second kappa shape index (κ2) is 6.54. The summed E-state index contributed by atoms with van der Waals surface area (Å²) in [7, 11) is 1.82.